The van der Waals surface area contributed by atoms with E-state index in [2.05, 4.69) is 0 Å². The Morgan fingerprint density at radius 1 is 1.45 bits per heavy atom. The first-order chi connectivity index (χ1) is 9.31. The number of carbonyl (C=O) groups excluding carboxylic acids is 2. The van der Waals surface area contributed by atoms with Crippen LogP contribution < -0.4 is 5.73 Å². The molecule has 112 valence electrons. The summed E-state index contributed by atoms with van der Waals surface area (Å²) in [4.78, 5) is 25.6. The SMILES string of the molecule is COC(=O)C(N(Cc1ccoc1)C(=O)CN)C(C)(C)C. The minimum Gasteiger partial charge on any atom is -0.472 e. The van der Waals surface area contributed by atoms with Crippen molar-refractivity contribution in [1.82, 2.24) is 4.90 Å². The molecule has 0 aliphatic rings. The van der Waals surface area contributed by atoms with E-state index in [9.17, 15) is 9.59 Å². The van der Waals surface area contributed by atoms with Crippen LogP contribution in [0.25, 0.3) is 0 Å². The third-order valence-corrected chi connectivity index (χ3v) is 2.98. The van der Waals surface area contributed by atoms with Crippen molar-refractivity contribution in [2.75, 3.05) is 13.7 Å². The van der Waals surface area contributed by atoms with Crippen LogP contribution in [0, 0.1) is 5.41 Å². The van der Waals surface area contributed by atoms with Crippen LogP contribution in [0.3, 0.4) is 0 Å². The van der Waals surface area contributed by atoms with Crippen LogP contribution in [-0.4, -0.2) is 36.5 Å². The number of rotatable bonds is 5. The van der Waals surface area contributed by atoms with Crippen molar-refractivity contribution < 1.29 is 18.7 Å². The van der Waals surface area contributed by atoms with Gasteiger partial charge in [0.2, 0.25) is 5.91 Å². The Morgan fingerprint density at radius 2 is 2.10 bits per heavy atom. The average molecular weight is 282 g/mol. The maximum absolute atomic E-state index is 12.1. The molecule has 1 heterocycles. The van der Waals surface area contributed by atoms with Crippen LogP contribution in [0.1, 0.15) is 26.3 Å². The molecule has 2 N–H and O–H groups in total. The Kier molecular flexibility index (Phi) is 5.33. The second kappa shape index (κ2) is 6.56. The summed E-state index contributed by atoms with van der Waals surface area (Å²) in [5, 5.41) is 0. The maximum Gasteiger partial charge on any atom is 0.329 e. The number of ether oxygens (including phenoxy) is 1. The van der Waals surface area contributed by atoms with Crippen LogP contribution in [0.2, 0.25) is 0 Å². The summed E-state index contributed by atoms with van der Waals surface area (Å²) >= 11 is 0. The van der Waals surface area contributed by atoms with Gasteiger partial charge < -0.3 is 19.8 Å². The maximum atomic E-state index is 12.1. The number of esters is 1. The Hall–Kier alpha value is -1.82. The van der Waals surface area contributed by atoms with E-state index in [0.717, 1.165) is 5.56 Å². The molecule has 1 rings (SSSR count). The van der Waals surface area contributed by atoms with Crippen LogP contribution >= 0.6 is 0 Å². The molecule has 6 nitrogen and oxygen atoms in total. The molecule has 1 aromatic rings. The fraction of sp³-hybridized carbons (Fsp3) is 0.571. The Labute approximate surface area is 118 Å². The molecule has 20 heavy (non-hydrogen) atoms. The lowest BCUT2D eigenvalue weighted by molar-refractivity contribution is -0.158. The predicted molar refractivity (Wildman–Crippen MR) is 73.6 cm³/mol. The zero-order valence-electron chi connectivity index (χ0n) is 12.4. The molecule has 1 aromatic heterocycles. The quantitative estimate of drug-likeness (QED) is 0.819. The van der Waals surface area contributed by atoms with Crippen molar-refractivity contribution in [2.45, 2.75) is 33.4 Å². The summed E-state index contributed by atoms with van der Waals surface area (Å²) in [6, 6.07) is 1.03. The number of carbonyl (C=O) groups is 2. The number of hydrogen-bond donors (Lipinski definition) is 1. The number of nitrogens with two attached hydrogens (primary N) is 1. The topological polar surface area (TPSA) is 85.8 Å². The largest absolute Gasteiger partial charge is 0.472 e. The number of hydrogen-bond acceptors (Lipinski definition) is 5. The smallest absolute Gasteiger partial charge is 0.329 e. The van der Waals surface area contributed by atoms with Gasteiger partial charge in [-0.2, -0.15) is 0 Å². The average Bonchev–Trinajstić information content (AvgIpc) is 2.88. The highest BCUT2D eigenvalue weighted by Crippen LogP contribution is 2.27. The highest BCUT2D eigenvalue weighted by molar-refractivity contribution is 5.86. The van der Waals surface area contributed by atoms with Gasteiger partial charge >= 0.3 is 5.97 Å². The third kappa shape index (κ3) is 3.84. The van der Waals surface area contributed by atoms with Gasteiger partial charge in [0.15, 0.2) is 0 Å². The van der Waals surface area contributed by atoms with E-state index in [1.54, 1.807) is 6.07 Å². The van der Waals surface area contributed by atoms with Gasteiger partial charge in [-0.15, -0.1) is 0 Å². The first-order valence-corrected chi connectivity index (χ1v) is 6.39. The lowest BCUT2D eigenvalue weighted by Crippen LogP contribution is -2.53. The molecule has 0 aliphatic heterocycles. The first kappa shape index (κ1) is 16.2. The van der Waals surface area contributed by atoms with E-state index in [-0.39, 0.29) is 19.0 Å². The molecule has 6 heteroatoms. The van der Waals surface area contributed by atoms with E-state index in [0.29, 0.717) is 0 Å². The number of furan rings is 1. The van der Waals surface area contributed by atoms with Gasteiger partial charge in [-0.3, -0.25) is 4.79 Å². The number of methoxy groups -OCH3 is 1. The van der Waals surface area contributed by atoms with E-state index < -0.39 is 17.4 Å². The van der Waals surface area contributed by atoms with Gasteiger partial charge in [-0.1, -0.05) is 20.8 Å². The van der Waals surface area contributed by atoms with Gasteiger partial charge in [0, 0.05) is 12.1 Å². The Bertz CT molecular complexity index is 448. The molecule has 0 saturated carbocycles. The molecule has 1 amide bonds. The fourth-order valence-electron chi connectivity index (χ4n) is 2.08. The molecule has 1 unspecified atom stereocenters. The number of amides is 1. The van der Waals surface area contributed by atoms with Gasteiger partial charge in [0.25, 0.3) is 0 Å². The minimum atomic E-state index is -0.710. The molecule has 1 atom stereocenters. The van der Waals surface area contributed by atoms with Crippen LogP contribution in [0.15, 0.2) is 23.0 Å². The van der Waals surface area contributed by atoms with Crippen LogP contribution in [0.4, 0.5) is 0 Å². The highest BCUT2D eigenvalue weighted by Gasteiger charge is 2.39. The Morgan fingerprint density at radius 3 is 2.50 bits per heavy atom. The lowest BCUT2D eigenvalue weighted by atomic mass is 9.85. The first-order valence-electron chi connectivity index (χ1n) is 6.39. The van der Waals surface area contributed by atoms with E-state index in [4.69, 9.17) is 14.9 Å². The summed E-state index contributed by atoms with van der Waals surface area (Å²) in [5.74, 6) is -0.765. The highest BCUT2D eigenvalue weighted by atomic mass is 16.5. The minimum absolute atomic E-state index is 0.165. The van der Waals surface area contributed by atoms with Crippen LogP contribution in [-0.2, 0) is 20.9 Å². The monoisotopic (exact) mass is 282 g/mol. The molecule has 0 spiro atoms. The second-order valence-corrected chi connectivity index (χ2v) is 5.65. The summed E-state index contributed by atoms with van der Waals surface area (Å²) in [7, 11) is 1.31. The van der Waals surface area contributed by atoms with Gasteiger partial charge in [-0.05, 0) is 11.5 Å². The van der Waals surface area contributed by atoms with E-state index >= 15 is 0 Å². The molecule has 0 aromatic carbocycles. The van der Waals surface area contributed by atoms with Crippen molar-refractivity contribution in [3.63, 3.8) is 0 Å². The predicted octanol–water partition coefficient (Wildman–Crippen LogP) is 1.15. The molecular formula is C14H22N2O4. The van der Waals surface area contributed by atoms with Gasteiger partial charge in [0.05, 0.1) is 26.2 Å². The normalized spacial score (nSPS) is 12.8. The fourth-order valence-corrected chi connectivity index (χ4v) is 2.08. The zero-order valence-corrected chi connectivity index (χ0v) is 12.4. The zero-order chi connectivity index (χ0) is 15.3. The molecule has 0 radical (unpaired) electrons. The van der Waals surface area contributed by atoms with Crippen LogP contribution in [0.5, 0.6) is 0 Å². The summed E-state index contributed by atoms with van der Waals surface area (Å²) in [5.41, 5.74) is 5.78. The lowest BCUT2D eigenvalue weighted by Gasteiger charge is -2.37. The van der Waals surface area contributed by atoms with E-state index in [1.807, 2.05) is 20.8 Å². The van der Waals surface area contributed by atoms with Crippen molar-refractivity contribution in [2.24, 2.45) is 11.1 Å². The molecule has 0 aliphatic carbocycles. The third-order valence-electron chi connectivity index (χ3n) is 2.98. The van der Waals surface area contributed by atoms with Crippen molar-refractivity contribution in [3.05, 3.63) is 24.2 Å². The Balaban J connectivity index is 3.11. The summed E-state index contributed by atoms with van der Waals surface area (Å²) in [6.45, 7) is 5.72. The summed E-state index contributed by atoms with van der Waals surface area (Å²) < 4.78 is 9.83. The van der Waals surface area contributed by atoms with Gasteiger partial charge in [0.1, 0.15) is 6.04 Å². The molecular weight excluding hydrogens is 260 g/mol. The van der Waals surface area contributed by atoms with Gasteiger partial charge in [-0.25, -0.2) is 4.79 Å². The van der Waals surface area contributed by atoms with Crippen molar-refractivity contribution >= 4 is 11.9 Å². The van der Waals surface area contributed by atoms with Crippen molar-refractivity contribution in [3.8, 4) is 0 Å². The standard InChI is InChI=1S/C14H22N2O4/c1-14(2,3)12(13(18)19-4)16(11(17)7-15)8-10-5-6-20-9-10/h5-6,9,12H,7-8,15H2,1-4H3. The number of nitrogens with zero attached hydrogens (tertiary/aromatic N) is 1. The molecule has 0 saturated heterocycles. The molecule has 0 bridgehead atoms. The van der Waals surface area contributed by atoms with E-state index in [1.165, 1.54) is 24.5 Å². The molecule has 0 fully saturated rings. The second-order valence-electron chi connectivity index (χ2n) is 5.65. The summed E-state index contributed by atoms with van der Waals surface area (Å²) in [6.07, 6.45) is 3.05. The van der Waals surface area contributed by atoms with Crippen molar-refractivity contribution in [1.29, 1.82) is 0 Å².